The fraction of sp³-hybridized carbons (Fsp3) is 0.0833. The number of fused-ring (bicyclic) bond motifs is 10. The summed E-state index contributed by atoms with van der Waals surface area (Å²) < 4.78 is 6.95. The summed E-state index contributed by atoms with van der Waals surface area (Å²) in [4.78, 5) is 28.3. The molecule has 11 rings (SSSR count). The second-order valence-corrected chi connectivity index (χ2v) is 14.3. The van der Waals surface area contributed by atoms with Crippen molar-refractivity contribution < 1.29 is 9.59 Å². The van der Waals surface area contributed by atoms with E-state index in [1.807, 2.05) is 18.2 Å². The van der Waals surface area contributed by atoms with E-state index < -0.39 is 0 Å². The molecule has 6 nitrogen and oxygen atoms in total. The molecule has 258 valence electrons. The summed E-state index contributed by atoms with van der Waals surface area (Å²) in [7, 11) is 0. The Hall–Kier alpha value is -6.92. The molecule has 1 aliphatic rings. The van der Waals surface area contributed by atoms with Crippen molar-refractivity contribution in [2.45, 2.75) is 19.8 Å². The number of unbranched alkanes of at least 4 members (excludes halogenated alkanes) is 1. The van der Waals surface area contributed by atoms with E-state index in [0.717, 1.165) is 73.8 Å². The van der Waals surface area contributed by atoms with Crippen LogP contribution in [-0.2, 0) is 0 Å². The Morgan fingerprint density at radius 2 is 0.759 bits per heavy atom. The first-order valence-corrected chi connectivity index (χ1v) is 18.7. The average molecular weight is 699 g/mol. The normalized spacial score (nSPS) is 13.2. The first-order chi connectivity index (χ1) is 26.6. The number of aromatic nitrogens is 3. The summed E-state index contributed by atoms with van der Waals surface area (Å²) in [5.41, 5.74) is 10.6. The molecular weight excluding hydrogens is 665 g/mol. The summed E-state index contributed by atoms with van der Waals surface area (Å²) in [6.45, 7) is 2.50. The summed E-state index contributed by atoms with van der Waals surface area (Å²) >= 11 is 0. The van der Waals surface area contributed by atoms with Crippen molar-refractivity contribution in [1.29, 1.82) is 0 Å². The summed E-state index contributed by atoms with van der Waals surface area (Å²) in [5.74, 6) is -0.419. The third-order valence-electron chi connectivity index (χ3n) is 11.4. The van der Waals surface area contributed by atoms with Gasteiger partial charge in [0.05, 0.1) is 44.2 Å². The van der Waals surface area contributed by atoms with Gasteiger partial charge in [-0.1, -0.05) is 86.1 Å². The van der Waals surface area contributed by atoms with Gasteiger partial charge in [-0.15, -0.1) is 0 Å². The van der Waals surface area contributed by atoms with Gasteiger partial charge < -0.3 is 13.7 Å². The molecule has 0 saturated heterocycles. The van der Waals surface area contributed by atoms with Gasteiger partial charge in [0.1, 0.15) is 0 Å². The van der Waals surface area contributed by atoms with Crippen LogP contribution in [0.4, 0.5) is 0 Å². The number of nitrogens with zero attached hydrogens (tertiary/aromatic N) is 4. The molecule has 0 radical (unpaired) electrons. The van der Waals surface area contributed by atoms with E-state index in [0.29, 0.717) is 17.7 Å². The third kappa shape index (κ3) is 4.22. The maximum Gasteiger partial charge on any atom is 0.261 e. The quantitative estimate of drug-likeness (QED) is 0.162. The number of para-hydroxylation sites is 4. The molecule has 0 aliphatic carbocycles. The zero-order valence-electron chi connectivity index (χ0n) is 29.7. The number of imide groups is 1. The van der Waals surface area contributed by atoms with Crippen molar-refractivity contribution in [2.75, 3.05) is 6.54 Å². The standard InChI is InChI=1S/C48H34N4O2/c1-2-3-26-49-47(53)37-23-20-30(29-40(37)48(49)54)52-45-24-21-31(50-41-16-8-4-12-33(41)34-13-5-9-17-42(34)50)27-38(45)39-28-32(22-25-46(39)52)51-43-18-10-6-14-35(43)36-15-7-11-19-44(36)51/h4-25,27-29H,2-3,26H2,1H3. The maximum absolute atomic E-state index is 13.6. The van der Waals surface area contributed by atoms with Crippen LogP contribution in [0.3, 0.4) is 0 Å². The van der Waals surface area contributed by atoms with Gasteiger partial charge in [-0.3, -0.25) is 14.5 Å². The van der Waals surface area contributed by atoms with Crippen LogP contribution in [0, 0.1) is 0 Å². The molecule has 10 aromatic rings. The van der Waals surface area contributed by atoms with Gasteiger partial charge in [-0.25, -0.2) is 0 Å². The first-order valence-electron chi connectivity index (χ1n) is 18.7. The molecule has 0 unspecified atom stereocenters. The Bertz CT molecular complexity index is 2940. The van der Waals surface area contributed by atoms with Crippen LogP contribution in [-0.4, -0.2) is 37.0 Å². The van der Waals surface area contributed by atoms with Gasteiger partial charge in [0.2, 0.25) is 0 Å². The number of rotatable bonds is 6. The topological polar surface area (TPSA) is 52.2 Å². The van der Waals surface area contributed by atoms with Crippen LogP contribution in [0.25, 0.3) is 82.5 Å². The lowest BCUT2D eigenvalue weighted by Crippen LogP contribution is -2.30. The van der Waals surface area contributed by atoms with Crippen LogP contribution in [0.15, 0.2) is 152 Å². The van der Waals surface area contributed by atoms with Crippen molar-refractivity contribution in [2.24, 2.45) is 0 Å². The molecule has 3 aromatic heterocycles. The fourth-order valence-electron chi connectivity index (χ4n) is 8.89. The highest BCUT2D eigenvalue weighted by atomic mass is 16.2. The van der Waals surface area contributed by atoms with Crippen molar-refractivity contribution in [1.82, 2.24) is 18.6 Å². The number of carbonyl (C=O) groups excluding carboxylic acids is 2. The van der Waals surface area contributed by atoms with Crippen LogP contribution < -0.4 is 0 Å². The van der Waals surface area contributed by atoms with Gasteiger partial charge in [0, 0.05) is 55.9 Å². The molecule has 0 saturated carbocycles. The van der Waals surface area contributed by atoms with Gasteiger partial charge in [-0.05, 0) is 85.3 Å². The maximum atomic E-state index is 13.6. The Morgan fingerprint density at radius 3 is 1.20 bits per heavy atom. The minimum Gasteiger partial charge on any atom is -0.309 e. The average Bonchev–Trinajstić information content (AvgIpc) is 3.91. The second kappa shape index (κ2) is 11.5. The molecule has 0 N–H and O–H groups in total. The Balaban J connectivity index is 1.19. The second-order valence-electron chi connectivity index (χ2n) is 14.3. The minimum absolute atomic E-state index is 0.205. The van der Waals surface area contributed by atoms with Crippen LogP contribution in [0.5, 0.6) is 0 Å². The predicted octanol–water partition coefficient (Wildman–Crippen LogP) is 11.4. The van der Waals surface area contributed by atoms with Crippen molar-refractivity contribution in [3.05, 3.63) is 163 Å². The Labute approximate surface area is 310 Å². The summed E-state index contributed by atoms with van der Waals surface area (Å²) in [6.07, 6.45) is 1.70. The lowest BCUT2D eigenvalue weighted by atomic mass is 10.1. The molecule has 6 heteroatoms. The van der Waals surface area contributed by atoms with E-state index in [-0.39, 0.29) is 11.8 Å². The van der Waals surface area contributed by atoms with E-state index in [1.165, 1.54) is 26.4 Å². The molecule has 0 atom stereocenters. The number of benzene rings is 7. The molecule has 54 heavy (non-hydrogen) atoms. The lowest BCUT2D eigenvalue weighted by molar-refractivity contribution is 0.0652. The Morgan fingerprint density at radius 1 is 0.389 bits per heavy atom. The first kappa shape index (κ1) is 30.7. The SMILES string of the molecule is CCCCN1C(=O)c2ccc(-n3c4ccc(-n5c6ccccc6c6ccccc65)cc4c4cc(-n5c6ccccc6c6ccccc65)ccc43)cc2C1=O. The summed E-state index contributed by atoms with van der Waals surface area (Å²) in [5, 5.41) is 7.06. The highest BCUT2D eigenvalue weighted by molar-refractivity contribution is 6.22. The zero-order chi connectivity index (χ0) is 36.1. The number of amides is 2. The monoisotopic (exact) mass is 698 g/mol. The van der Waals surface area contributed by atoms with Gasteiger partial charge >= 0.3 is 0 Å². The van der Waals surface area contributed by atoms with E-state index in [1.54, 1.807) is 0 Å². The van der Waals surface area contributed by atoms with Crippen LogP contribution in [0.1, 0.15) is 40.5 Å². The van der Waals surface area contributed by atoms with Crippen molar-refractivity contribution >= 4 is 77.2 Å². The molecule has 7 aromatic carbocycles. The van der Waals surface area contributed by atoms with E-state index in [2.05, 4.69) is 154 Å². The predicted molar refractivity (Wildman–Crippen MR) is 220 cm³/mol. The van der Waals surface area contributed by atoms with Crippen LogP contribution in [0.2, 0.25) is 0 Å². The molecule has 0 bridgehead atoms. The number of hydrogen-bond acceptors (Lipinski definition) is 2. The zero-order valence-corrected chi connectivity index (χ0v) is 29.7. The van der Waals surface area contributed by atoms with E-state index in [9.17, 15) is 9.59 Å². The molecule has 1 aliphatic heterocycles. The van der Waals surface area contributed by atoms with Crippen LogP contribution >= 0.6 is 0 Å². The minimum atomic E-state index is -0.214. The van der Waals surface area contributed by atoms with Gasteiger partial charge in [-0.2, -0.15) is 0 Å². The van der Waals surface area contributed by atoms with E-state index >= 15 is 0 Å². The highest BCUT2D eigenvalue weighted by Gasteiger charge is 2.35. The van der Waals surface area contributed by atoms with Gasteiger partial charge in [0.15, 0.2) is 0 Å². The van der Waals surface area contributed by atoms with Crippen molar-refractivity contribution in [3.8, 4) is 17.1 Å². The molecule has 4 heterocycles. The highest BCUT2D eigenvalue weighted by Crippen LogP contribution is 2.40. The Kier molecular flexibility index (Phi) is 6.56. The lowest BCUT2D eigenvalue weighted by Gasteiger charge is -2.12. The molecular formula is C48H34N4O2. The molecule has 2 amide bonds. The largest absolute Gasteiger partial charge is 0.309 e. The summed E-state index contributed by atoms with van der Waals surface area (Å²) in [6, 6.07) is 53.4. The molecule has 0 fully saturated rings. The number of hydrogen-bond donors (Lipinski definition) is 0. The number of carbonyl (C=O) groups is 2. The van der Waals surface area contributed by atoms with E-state index in [4.69, 9.17) is 0 Å². The van der Waals surface area contributed by atoms with Gasteiger partial charge in [0.25, 0.3) is 11.8 Å². The smallest absolute Gasteiger partial charge is 0.261 e. The van der Waals surface area contributed by atoms with Crippen molar-refractivity contribution in [3.63, 3.8) is 0 Å². The molecule has 0 spiro atoms. The fourth-order valence-corrected chi connectivity index (χ4v) is 8.89. The third-order valence-corrected chi connectivity index (χ3v) is 11.4.